The molecule has 0 unspecified atom stereocenters. The van der Waals surface area contributed by atoms with E-state index >= 15 is 0 Å². The number of carbonyl (C=O) groups is 1. The van der Waals surface area contributed by atoms with Crippen LogP contribution in [0.2, 0.25) is 0 Å². The van der Waals surface area contributed by atoms with E-state index in [9.17, 15) is 18.4 Å². The van der Waals surface area contributed by atoms with E-state index in [2.05, 4.69) is 15.4 Å². The molecule has 3 rings (SSSR count). The van der Waals surface area contributed by atoms with Gasteiger partial charge in [-0.2, -0.15) is 9.78 Å². The number of hydrogen-bond acceptors (Lipinski definition) is 4. The van der Waals surface area contributed by atoms with Crippen LogP contribution in [-0.2, 0) is 11.3 Å². The third-order valence-corrected chi connectivity index (χ3v) is 4.04. The maximum atomic E-state index is 13.6. The first kappa shape index (κ1) is 18.4. The minimum atomic E-state index is -0.535. The van der Waals surface area contributed by atoms with Gasteiger partial charge in [-0.25, -0.2) is 13.6 Å². The maximum absolute atomic E-state index is 13.6. The third kappa shape index (κ3) is 4.08. The van der Waals surface area contributed by atoms with Crippen molar-refractivity contribution in [2.75, 3.05) is 0 Å². The van der Waals surface area contributed by atoms with Gasteiger partial charge < -0.3 is 5.32 Å². The van der Waals surface area contributed by atoms with Crippen molar-refractivity contribution in [3.8, 4) is 5.69 Å². The summed E-state index contributed by atoms with van der Waals surface area (Å²) in [7, 11) is 0. The van der Waals surface area contributed by atoms with E-state index < -0.39 is 29.3 Å². The summed E-state index contributed by atoms with van der Waals surface area (Å²) in [6.07, 6.45) is 2.71. The van der Waals surface area contributed by atoms with Gasteiger partial charge in [0.1, 0.15) is 24.5 Å². The number of aromatic nitrogens is 4. The fourth-order valence-corrected chi connectivity index (χ4v) is 2.49. The van der Waals surface area contributed by atoms with Gasteiger partial charge in [-0.05, 0) is 49.7 Å². The van der Waals surface area contributed by atoms with E-state index in [1.54, 1.807) is 13.8 Å². The van der Waals surface area contributed by atoms with E-state index in [0.29, 0.717) is 11.3 Å². The molecule has 9 heteroatoms. The lowest BCUT2D eigenvalue weighted by Crippen LogP contribution is -2.34. The molecule has 140 valence electrons. The van der Waals surface area contributed by atoms with E-state index in [-0.39, 0.29) is 12.2 Å². The highest BCUT2D eigenvalue weighted by Crippen LogP contribution is 2.14. The van der Waals surface area contributed by atoms with Crippen molar-refractivity contribution in [1.82, 2.24) is 24.6 Å². The number of benzene rings is 1. The minimum absolute atomic E-state index is 0.258. The van der Waals surface area contributed by atoms with Crippen molar-refractivity contribution in [2.45, 2.75) is 26.4 Å². The maximum Gasteiger partial charge on any atom is 0.350 e. The molecule has 0 fully saturated rings. The highest BCUT2D eigenvalue weighted by atomic mass is 19.1. The van der Waals surface area contributed by atoms with Gasteiger partial charge in [0, 0.05) is 6.20 Å². The van der Waals surface area contributed by atoms with E-state index in [1.165, 1.54) is 42.9 Å². The van der Waals surface area contributed by atoms with Crippen molar-refractivity contribution < 1.29 is 13.6 Å². The Kier molecular flexibility index (Phi) is 5.11. The summed E-state index contributed by atoms with van der Waals surface area (Å²) < 4.78 is 28.8. The summed E-state index contributed by atoms with van der Waals surface area (Å²) in [6, 6.07) is 6.08. The average Bonchev–Trinajstić information content (AvgIpc) is 2.98. The molecular formula is C18H17F2N5O2. The molecule has 3 aromatic rings. The Labute approximate surface area is 153 Å². The Morgan fingerprint density at radius 2 is 1.96 bits per heavy atom. The normalized spacial score (nSPS) is 12.0. The Hall–Kier alpha value is -3.36. The second-order valence-corrected chi connectivity index (χ2v) is 6.05. The van der Waals surface area contributed by atoms with Crippen molar-refractivity contribution >= 4 is 5.91 Å². The molecule has 2 aromatic heterocycles. The lowest BCUT2D eigenvalue weighted by molar-refractivity contribution is -0.122. The van der Waals surface area contributed by atoms with Crippen molar-refractivity contribution in [2.24, 2.45) is 0 Å². The van der Waals surface area contributed by atoms with Crippen molar-refractivity contribution in [1.29, 1.82) is 0 Å². The summed E-state index contributed by atoms with van der Waals surface area (Å²) >= 11 is 0. The van der Waals surface area contributed by atoms with E-state index in [0.717, 1.165) is 9.25 Å². The zero-order valence-electron chi connectivity index (χ0n) is 14.7. The van der Waals surface area contributed by atoms with Crippen molar-refractivity contribution in [3.63, 3.8) is 0 Å². The molecule has 2 heterocycles. The number of nitrogens with zero attached hydrogens (tertiary/aromatic N) is 4. The second-order valence-electron chi connectivity index (χ2n) is 6.05. The number of carbonyl (C=O) groups excluding carboxylic acids is 1. The SMILES string of the molecule is Cc1ncc([C@H](C)NC(=O)Cn2cnn(-c3ccc(F)cc3)c2=O)cc1F. The molecule has 0 aliphatic heterocycles. The molecule has 27 heavy (non-hydrogen) atoms. The summed E-state index contributed by atoms with van der Waals surface area (Å²) in [5, 5.41) is 6.62. The molecule has 0 aliphatic carbocycles. The fraction of sp³-hybridized carbons (Fsp3) is 0.222. The molecule has 1 N–H and O–H groups in total. The molecular weight excluding hydrogens is 356 g/mol. The molecule has 0 spiro atoms. The van der Waals surface area contributed by atoms with Gasteiger partial charge in [-0.15, -0.1) is 0 Å². The highest BCUT2D eigenvalue weighted by Gasteiger charge is 2.14. The number of rotatable bonds is 5. The van der Waals surface area contributed by atoms with Crippen LogP contribution in [0.15, 0.2) is 47.7 Å². The number of aryl methyl sites for hydroxylation is 1. The summed E-state index contributed by atoms with van der Waals surface area (Å²) in [6.45, 7) is 2.98. The Morgan fingerprint density at radius 3 is 2.63 bits per heavy atom. The zero-order valence-corrected chi connectivity index (χ0v) is 14.7. The monoisotopic (exact) mass is 373 g/mol. The predicted molar refractivity (Wildman–Crippen MR) is 93.3 cm³/mol. The van der Waals surface area contributed by atoms with Gasteiger partial charge in [-0.3, -0.25) is 14.3 Å². The number of hydrogen-bond donors (Lipinski definition) is 1. The molecule has 1 aromatic carbocycles. The molecule has 1 amide bonds. The second kappa shape index (κ2) is 7.48. The van der Waals surface area contributed by atoms with Crippen LogP contribution in [0, 0.1) is 18.6 Å². The first-order valence-electron chi connectivity index (χ1n) is 8.17. The standard InChI is InChI=1S/C18H17F2N5O2/c1-11(13-7-16(20)12(2)21-8-13)23-17(26)9-24-10-22-25(18(24)27)15-5-3-14(19)4-6-15/h3-8,10-11H,9H2,1-2H3,(H,23,26)/t11-/m0/s1. The molecule has 0 saturated heterocycles. The van der Waals surface area contributed by atoms with E-state index in [1.807, 2.05) is 0 Å². The number of nitrogens with one attached hydrogen (secondary N) is 1. The van der Waals surface area contributed by atoms with Crippen molar-refractivity contribution in [3.05, 3.63) is 76.2 Å². The van der Waals surface area contributed by atoms with Gasteiger partial charge in [0.25, 0.3) is 0 Å². The Balaban J connectivity index is 1.70. The molecule has 1 atom stereocenters. The zero-order chi connectivity index (χ0) is 19.6. The first-order chi connectivity index (χ1) is 12.8. The Morgan fingerprint density at radius 1 is 1.26 bits per heavy atom. The van der Waals surface area contributed by atoms with Crippen LogP contribution in [0.1, 0.15) is 24.2 Å². The lowest BCUT2D eigenvalue weighted by Gasteiger charge is -2.14. The number of halogens is 2. The summed E-state index contributed by atoms with van der Waals surface area (Å²) in [5.74, 6) is -1.32. The van der Waals surface area contributed by atoms with Crippen LogP contribution < -0.4 is 11.0 Å². The van der Waals surface area contributed by atoms with Gasteiger partial charge in [-0.1, -0.05) is 0 Å². The van der Waals surface area contributed by atoms with Crippen LogP contribution >= 0.6 is 0 Å². The third-order valence-electron chi connectivity index (χ3n) is 4.04. The molecule has 0 saturated carbocycles. The summed E-state index contributed by atoms with van der Waals surface area (Å²) in [4.78, 5) is 28.5. The first-order valence-corrected chi connectivity index (χ1v) is 8.17. The molecule has 0 radical (unpaired) electrons. The smallest absolute Gasteiger partial charge is 0.348 e. The lowest BCUT2D eigenvalue weighted by atomic mass is 10.1. The number of amides is 1. The molecule has 7 nitrogen and oxygen atoms in total. The van der Waals surface area contributed by atoms with Gasteiger partial charge in [0.05, 0.1) is 17.4 Å². The largest absolute Gasteiger partial charge is 0.350 e. The van der Waals surface area contributed by atoms with Crippen LogP contribution in [0.3, 0.4) is 0 Å². The van der Waals surface area contributed by atoms with Crippen LogP contribution in [0.5, 0.6) is 0 Å². The van der Waals surface area contributed by atoms with Crippen LogP contribution in [-0.4, -0.2) is 25.2 Å². The fourth-order valence-electron chi connectivity index (χ4n) is 2.49. The predicted octanol–water partition coefficient (Wildman–Crippen LogP) is 1.89. The van der Waals surface area contributed by atoms with E-state index in [4.69, 9.17) is 0 Å². The van der Waals surface area contributed by atoms with Gasteiger partial charge in [0.2, 0.25) is 5.91 Å². The molecule has 0 aliphatic rings. The van der Waals surface area contributed by atoms with Gasteiger partial charge >= 0.3 is 5.69 Å². The van der Waals surface area contributed by atoms with Gasteiger partial charge in [0.15, 0.2) is 0 Å². The van der Waals surface area contributed by atoms with Crippen LogP contribution in [0.4, 0.5) is 8.78 Å². The topological polar surface area (TPSA) is 81.8 Å². The Bertz CT molecular complexity index is 1030. The minimum Gasteiger partial charge on any atom is -0.348 e. The summed E-state index contributed by atoms with van der Waals surface area (Å²) in [5.41, 5.74) is 0.639. The molecule has 0 bridgehead atoms. The average molecular weight is 373 g/mol. The quantitative estimate of drug-likeness (QED) is 0.741. The van der Waals surface area contributed by atoms with Crippen LogP contribution in [0.25, 0.3) is 5.69 Å². The highest BCUT2D eigenvalue weighted by molar-refractivity contribution is 5.76. The number of pyridine rings is 1.